The number of halogens is 1. The van der Waals surface area contributed by atoms with Gasteiger partial charge >= 0.3 is 0 Å². The first-order chi connectivity index (χ1) is 14.5. The van der Waals surface area contributed by atoms with Crippen molar-refractivity contribution in [1.29, 1.82) is 0 Å². The Morgan fingerprint density at radius 2 is 2.13 bits per heavy atom. The van der Waals surface area contributed by atoms with Crippen molar-refractivity contribution in [2.45, 2.75) is 0 Å². The first kappa shape index (κ1) is 20.0. The summed E-state index contributed by atoms with van der Waals surface area (Å²) in [5, 5.41) is 12.2. The Morgan fingerprint density at radius 1 is 1.30 bits per heavy atom. The SMILES string of the molecule is COCCOc1cc2[nH]nc(-c3cc(-c4ncc(C(=O)N(C)C)s4)no3)c2cc1F. The van der Waals surface area contributed by atoms with Crippen LogP contribution in [0.4, 0.5) is 4.39 Å². The molecule has 30 heavy (non-hydrogen) atoms. The van der Waals surface area contributed by atoms with E-state index in [9.17, 15) is 9.18 Å². The fourth-order valence-electron chi connectivity index (χ4n) is 2.75. The maximum absolute atomic E-state index is 14.4. The van der Waals surface area contributed by atoms with Crippen LogP contribution < -0.4 is 4.74 Å². The molecule has 11 heteroatoms. The average Bonchev–Trinajstić information content (AvgIpc) is 3.46. The van der Waals surface area contributed by atoms with E-state index in [1.165, 1.54) is 34.6 Å². The number of carbonyl (C=O) groups excluding carboxylic acids is 1. The van der Waals surface area contributed by atoms with Gasteiger partial charge in [0.1, 0.15) is 27.9 Å². The Morgan fingerprint density at radius 3 is 2.90 bits per heavy atom. The maximum Gasteiger partial charge on any atom is 0.265 e. The summed E-state index contributed by atoms with van der Waals surface area (Å²) in [6, 6.07) is 4.52. The Labute approximate surface area is 174 Å². The summed E-state index contributed by atoms with van der Waals surface area (Å²) in [5.41, 5.74) is 1.46. The maximum atomic E-state index is 14.4. The highest BCUT2D eigenvalue weighted by Gasteiger charge is 2.20. The molecule has 0 spiro atoms. The topological polar surface area (TPSA) is 106 Å². The fourth-order valence-corrected chi connectivity index (χ4v) is 3.64. The number of H-pyrrole nitrogens is 1. The van der Waals surface area contributed by atoms with Gasteiger partial charge in [-0.05, 0) is 6.07 Å². The first-order valence-electron chi connectivity index (χ1n) is 8.92. The Balaban J connectivity index is 1.62. The van der Waals surface area contributed by atoms with Crippen LogP contribution in [0.1, 0.15) is 9.67 Å². The summed E-state index contributed by atoms with van der Waals surface area (Å²) >= 11 is 1.21. The molecular weight excluding hydrogens is 413 g/mol. The van der Waals surface area contributed by atoms with Crippen LogP contribution in [0.3, 0.4) is 0 Å². The van der Waals surface area contributed by atoms with Gasteiger partial charge in [0, 0.05) is 38.7 Å². The number of methoxy groups -OCH3 is 1. The third-order valence-corrected chi connectivity index (χ3v) is 5.25. The molecular formula is C19H18FN5O4S. The number of aromatic nitrogens is 4. The van der Waals surface area contributed by atoms with Crippen LogP contribution in [0.25, 0.3) is 33.1 Å². The summed E-state index contributed by atoms with van der Waals surface area (Å²) in [6.45, 7) is 0.586. The van der Waals surface area contributed by atoms with Gasteiger partial charge in [0.15, 0.2) is 17.3 Å². The molecule has 0 saturated carbocycles. The van der Waals surface area contributed by atoms with Crippen LogP contribution in [-0.2, 0) is 4.74 Å². The van der Waals surface area contributed by atoms with Crippen molar-refractivity contribution in [3.05, 3.63) is 35.1 Å². The molecule has 0 saturated heterocycles. The number of benzene rings is 1. The van der Waals surface area contributed by atoms with Gasteiger partial charge in [-0.3, -0.25) is 9.89 Å². The summed E-state index contributed by atoms with van der Waals surface area (Å²) < 4.78 is 30.1. The number of nitrogens with one attached hydrogen (secondary N) is 1. The molecule has 3 aromatic heterocycles. The molecule has 0 fully saturated rings. The van der Waals surface area contributed by atoms with E-state index in [4.69, 9.17) is 14.0 Å². The number of amides is 1. The van der Waals surface area contributed by atoms with Crippen LogP contribution in [0.5, 0.6) is 5.75 Å². The van der Waals surface area contributed by atoms with E-state index >= 15 is 0 Å². The minimum Gasteiger partial charge on any atom is -0.488 e. The lowest BCUT2D eigenvalue weighted by molar-refractivity contribution is 0.0832. The number of fused-ring (bicyclic) bond motifs is 1. The Kier molecular flexibility index (Phi) is 5.46. The second kappa shape index (κ2) is 8.20. The molecule has 0 aliphatic carbocycles. The molecule has 1 amide bonds. The zero-order valence-corrected chi connectivity index (χ0v) is 17.2. The second-order valence-corrected chi connectivity index (χ2v) is 7.58. The number of hydrogen-bond acceptors (Lipinski definition) is 8. The molecule has 0 aliphatic rings. The fraction of sp³-hybridized carbons (Fsp3) is 0.263. The predicted molar refractivity (Wildman–Crippen MR) is 108 cm³/mol. The number of thiazole rings is 1. The number of ether oxygens (including phenoxy) is 2. The zero-order valence-electron chi connectivity index (χ0n) is 16.4. The van der Waals surface area contributed by atoms with Crippen molar-refractivity contribution >= 4 is 28.1 Å². The first-order valence-corrected chi connectivity index (χ1v) is 9.74. The van der Waals surface area contributed by atoms with Gasteiger partial charge in [-0.2, -0.15) is 5.10 Å². The van der Waals surface area contributed by atoms with Gasteiger partial charge in [0.05, 0.1) is 18.3 Å². The number of rotatable bonds is 7. The van der Waals surface area contributed by atoms with Gasteiger partial charge in [-0.25, -0.2) is 9.37 Å². The molecule has 4 rings (SSSR count). The third kappa shape index (κ3) is 3.76. The standard InChI is InChI=1S/C19H18FN5O4S/c1-25(2)19(26)16-9-21-18(30-16)13-8-15(29-24-13)17-10-6-11(20)14(28-5-4-27-3)7-12(10)22-23-17/h6-9H,4-5H2,1-3H3,(H,22,23). The number of hydrogen-bond donors (Lipinski definition) is 1. The van der Waals surface area contributed by atoms with Gasteiger partial charge in [0.2, 0.25) is 0 Å². The van der Waals surface area contributed by atoms with E-state index in [2.05, 4.69) is 20.3 Å². The second-order valence-electron chi connectivity index (χ2n) is 6.55. The molecule has 4 aromatic rings. The van der Waals surface area contributed by atoms with Gasteiger partial charge < -0.3 is 18.9 Å². The molecule has 0 aliphatic heterocycles. The van der Waals surface area contributed by atoms with Crippen molar-refractivity contribution in [2.24, 2.45) is 0 Å². The molecule has 0 atom stereocenters. The highest BCUT2D eigenvalue weighted by molar-refractivity contribution is 7.16. The van der Waals surface area contributed by atoms with Crippen LogP contribution >= 0.6 is 11.3 Å². The van der Waals surface area contributed by atoms with Gasteiger partial charge in [-0.1, -0.05) is 5.16 Å². The minimum absolute atomic E-state index is 0.105. The summed E-state index contributed by atoms with van der Waals surface area (Å²) in [5.74, 6) is -0.208. The largest absolute Gasteiger partial charge is 0.488 e. The van der Waals surface area contributed by atoms with E-state index in [1.54, 1.807) is 27.3 Å². The lowest BCUT2D eigenvalue weighted by atomic mass is 10.1. The highest BCUT2D eigenvalue weighted by Crippen LogP contribution is 2.33. The lowest BCUT2D eigenvalue weighted by Gasteiger charge is -2.06. The molecule has 0 unspecified atom stereocenters. The molecule has 9 nitrogen and oxygen atoms in total. The van der Waals surface area contributed by atoms with E-state index in [-0.39, 0.29) is 18.3 Å². The molecule has 0 radical (unpaired) electrons. The average molecular weight is 431 g/mol. The zero-order chi connectivity index (χ0) is 21.3. The van der Waals surface area contributed by atoms with E-state index < -0.39 is 5.82 Å². The normalized spacial score (nSPS) is 11.2. The van der Waals surface area contributed by atoms with Crippen LogP contribution in [0.2, 0.25) is 0 Å². The molecule has 1 N–H and O–H groups in total. The predicted octanol–water partition coefficient (Wildman–Crippen LogP) is 3.21. The molecule has 0 bridgehead atoms. The van der Waals surface area contributed by atoms with Crippen LogP contribution in [-0.4, -0.2) is 65.6 Å². The Bertz CT molecular complexity index is 1200. The van der Waals surface area contributed by atoms with E-state index in [0.717, 1.165) is 0 Å². The number of aromatic amines is 1. The monoisotopic (exact) mass is 431 g/mol. The van der Waals surface area contributed by atoms with Crippen molar-refractivity contribution in [3.8, 4) is 27.9 Å². The number of nitrogens with zero attached hydrogens (tertiary/aromatic N) is 4. The molecule has 156 valence electrons. The van der Waals surface area contributed by atoms with Crippen molar-refractivity contribution in [2.75, 3.05) is 34.4 Å². The van der Waals surface area contributed by atoms with E-state index in [0.29, 0.717) is 44.5 Å². The highest BCUT2D eigenvalue weighted by atomic mass is 32.1. The Hall–Kier alpha value is -3.31. The van der Waals surface area contributed by atoms with Crippen molar-refractivity contribution < 1.29 is 23.2 Å². The summed E-state index contributed by atoms with van der Waals surface area (Å²) in [4.78, 5) is 18.3. The number of carbonyl (C=O) groups is 1. The van der Waals surface area contributed by atoms with E-state index in [1.807, 2.05) is 0 Å². The van der Waals surface area contributed by atoms with Crippen molar-refractivity contribution in [3.63, 3.8) is 0 Å². The van der Waals surface area contributed by atoms with Gasteiger partial charge in [-0.15, -0.1) is 11.3 Å². The third-order valence-electron chi connectivity index (χ3n) is 4.25. The lowest BCUT2D eigenvalue weighted by Crippen LogP contribution is -2.20. The smallest absolute Gasteiger partial charge is 0.265 e. The summed E-state index contributed by atoms with van der Waals surface area (Å²) in [6.07, 6.45) is 1.50. The van der Waals surface area contributed by atoms with Gasteiger partial charge in [0.25, 0.3) is 5.91 Å². The minimum atomic E-state index is -0.521. The molecule has 3 heterocycles. The van der Waals surface area contributed by atoms with Crippen LogP contribution in [0.15, 0.2) is 28.9 Å². The van der Waals surface area contributed by atoms with Crippen LogP contribution in [0, 0.1) is 5.82 Å². The summed E-state index contributed by atoms with van der Waals surface area (Å²) in [7, 11) is 4.89. The molecule has 1 aromatic carbocycles. The quantitative estimate of drug-likeness (QED) is 0.448. The van der Waals surface area contributed by atoms with Crippen molar-refractivity contribution in [1.82, 2.24) is 25.2 Å².